The Morgan fingerprint density at radius 2 is 1.79 bits per heavy atom. The number of fused-ring (bicyclic) bond motifs is 1. The van der Waals surface area contributed by atoms with Crippen molar-refractivity contribution in [2.45, 2.75) is 39.8 Å². The molecule has 1 aromatic carbocycles. The van der Waals surface area contributed by atoms with Crippen LogP contribution in [0.4, 0.5) is 0 Å². The summed E-state index contributed by atoms with van der Waals surface area (Å²) >= 11 is 0. The molecule has 0 bridgehead atoms. The van der Waals surface area contributed by atoms with Gasteiger partial charge < -0.3 is 9.47 Å². The summed E-state index contributed by atoms with van der Waals surface area (Å²) in [6.07, 6.45) is -0.768. The molecule has 2 amide bonds. The van der Waals surface area contributed by atoms with Gasteiger partial charge in [0.15, 0.2) is 5.69 Å². The number of hydrazine groups is 1. The highest BCUT2D eigenvalue weighted by atomic mass is 16.5. The van der Waals surface area contributed by atoms with Crippen LogP contribution >= 0.6 is 0 Å². The number of carbonyl (C=O) groups is 2. The van der Waals surface area contributed by atoms with E-state index in [-0.39, 0.29) is 23.9 Å². The molecule has 1 unspecified atom stereocenters. The van der Waals surface area contributed by atoms with Crippen molar-refractivity contribution in [2.75, 3.05) is 19.8 Å². The van der Waals surface area contributed by atoms with Crippen LogP contribution in [0.25, 0.3) is 10.8 Å². The third-order valence-electron chi connectivity index (χ3n) is 4.00. The predicted molar refractivity (Wildman–Crippen MR) is 104 cm³/mol. The summed E-state index contributed by atoms with van der Waals surface area (Å²) in [5.41, 5.74) is 4.42. The van der Waals surface area contributed by atoms with Gasteiger partial charge >= 0.3 is 0 Å². The summed E-state index contributed by atoms with van der Waals surface area (Å²) in [6, 6.07) is 6.50. The van der Waals surface area contributed by atoms with Gasteiger partial charge in [0.05, 0.1) is 24.6 Å². The van der Waals surface area contributed by atoms with Crippen molar-refractivity contribution in [3.05, 3.63) is 40.3 Å². The van der Waals surface area contributed by atoms with Crippen LogP contribution in [0.2, 0.25) is 0 Å². The second kappa shape index (κ2) is 9.95. The highest BCUT2D eigenvalue weighted by molar-refractivity contribution is 6.05. The van der Waals surface area contributed by atoms with E-state index < -0.39 is 17.9 Å². The molecule has 1 aromatic heterocycles. The maximum absolute atomic E-state index is 12.6. The smallest absolute Gasteiger partial charge is 0.290 e. The standard InChI is InChI=1S/C19H26N4O5/c1-5-27-10-11-28-13(4)17(24)20-21-18(25)16-14-8-6-7-9-15(14)19(26)23(22-16)12(2)3/h6-9,12-13H,5,10-11H2,1-4H3,(H,20,24)(H,21,25). The number of carbonyl (C=O) groups excluding carboxylic acids is 2. The van der Waals surface area contributed by atoms with Crippen molar-refractivity contribution >= 4 is 22.6 Å². The molecule has 1 heterocycles. The molecule has 152 valence electrons. The molecule has 2 rings (SSSR count). The van der Waals surface area contributed by atoms with Crippen LogP contribution in [0.1, 0.15) is 44.2 Å². The van der Waals surface area contributed by atoms with Crippen LogP contribution in [0, 0.1) is 0 Å². The van der Waals surface area contributed by atoms with Gasteiger partial charge in [-0.3, -0.25) is 25.2 Å². The molecular weight excluding hydrogens is 364 g/mol. The van der Waals surface area contributed by atoms with Gasteiger partial charge in [-0.15, -0.1) is 0 Å². The van der Waals surface area contributed by atoms with Crippen molar-refractivity contribution in [3.8, 4) is 0 Å². The van der Waals surface area contributed by atoms with Gasteiger partial charge in [-0.05, 0) is 33.8 Å². The molecule has 0 saturated carbocycles. The van der Waals surface area contributed by atoms with Crippen molar-refractivity contribution in [3.63, 3.8) is 0 Å². The third kappa shape index (κ3) is 5.14. The Bertz CT molecular complexity index is 894. The molecule has 0 radical (unpaired) electrons. The lowest BCUT2D eigenvalue weighted by atomic mass is 10.1. The maximum Gasteiger partial charge on any atom is 0.290 e. The zero-order valence-corrected chi connectivity index (χ0v) is 16.5. The monoisotopic (exact) mass is 390 g/mol. The number of benzene rings is 1. The number of hydrogen-bond donors (Lipinski definition) is 2. The molecular formula is C19H26N4O5. The number of amides is 2. The van der Waals surface area contributed by atoms with Crippen LogP contribution in [0.15, 0.2) is 29.1 Å². The number of nitrogens with zero attached hydrogens (tertiary/aromatic N) is 2. The minimum Gasteiger partial charge on any atom is -0.379 e. The van der Waals surface area contributed by atoms with E-state index in [1.807, 2.05) is 6.92 Å². The fraction of sp³-hybridized carbons (Fsp3) is 0.474. The quantitative estimate of drug-likeness (QED) is 0.517. The van der Waals surface area contributed by atoms with Crippen molar-refractivity contribution in [1.82, 2.24) is 20.6 Å². The SMILES string of the molecule is CCOCCOC(C)C(=O)NNC(=O)c1nn(C(C)C)c(=O)c2ccccc12. The molecule has 0 aliphatic rings. The number of aromatic nitrogens is 2. The van der Waals surface area contributed by atoms with Gasteiger partial charge in [0.2, 0.25) is 0 Å². The normalized spacial score (nSPS) is 12.2. The Morgan fingerprint density at radius 1 is 1.11 bits per heavy atom. The Morgan fingerprint density at radius 3 is 2.43 bits per heavy atom. The minimum absolute atomic E-state index is 0.0501. The molecule has 1 atom stereocenters. The lowest BCUT2D eigenvalue weighted by molar-refractivity contribution is -0.133. The van der Waals surface area contributed by atoms with E-state index in [1.165, 1.54) is 4.68 Å². The zero-order chi connectivity index (χ0) is 20.7. The Kier molecular flexibility index (Phi) is 7.65. The van der Waals surface area contributed by atoms with Crippen LogP contribution in [0.5, 0.6) is 0 Å². The summed E-state index contributed by atoms with van der Waals surface area (Å²) < 4.78 is 11.7. The highest BCUT2D eigenvalue weighted by Gasteiger charge is 2.19. The van der Waals surface area contributed by atoms with E-state index in [1.54, 1.807) is 45.0 Å². The average Bonchev–Trinajstić information content (AvgIpc) is 2.69. The Labute approximate surface area is 163 Å². The van der Waals surface area contributed by atoms with Crippen molar-refractivity contribution in [1.29, 1.82) is 0 Å². The Balaban J connectivity index is 2.12. The van der Waals surface area contributed by atoms with Gasteiger partial charge in [0.25, 0.3) is 17.4 Å². The number of rotatable bonds is 8. The Hall–Kier alpha value is -2.78. The first-order chi connectivity index (χ1) is 13.4. The highest BCUT2D eigenvalue weighted by Crippen LogP contribution is 2.14. The van der Waals surface area contributed by atoms with E-state index in [0.29, 0.717) is 24.0 Å². The summed E-state index contributed by atoms with van der Waals surface area (Å²) in [5, 5.41) is 4.98. The molecule has 2 aromatic rings. The summed E-state index contributed by atoms with van der Waals surface area (Å²) in [6.45, 7) is 8.25. The summed E-state index contributed by atoms with van der Waals surface area (Å²) in [7, 11) is 0. The molecule has 9 nitrogen and oxygen atoms in total. The topological polar surface area (TPSA) is 112 Å². The van der Waals surface area contributed by atoms with Gasteiger partial charge in [0, 0.05) is 12.0 Å². The minimum atomic E-state index is -0.768. The van der Waals surface area contributed by atoms with Gasteiger partial charge in [-0.25, -0.2) is 4.68 Å². The molecule has 2 N–H and O–H groups in total. The van der Waals surface area contributed by atoms with E-state index in [0.717, 1.165) is 0 Å². The number of ether oxygens (including phenoxy) is 2. The van der Waals surface area contributed by atoms with E-state index in [9.17, 15) is 14.4 Å². The average molecular weight is 390 g/mol. The van der Waals surface area contributed by atoms with Crippen LogP contribution in [-0.4, -0.2) is 47.5 Å². The van der Waals surface area contributed by atoms with Crippen LogP contribution < -0.4 is 16.4 Å². The van der Waals surface area contributed by atoms with E-state index in [2.05, 4.69) is 16.0 Å². The maximum atomic E-state index is 12.6. The molecule has 9 heteroatoms. The van der Waals surface area contributed by atoms with Crippen LogP contribution in [-0.2, 0) is 14.3 Å². The van der Waals surface area contributed by atoms with E-state index >= 15 is 0 Å². The number of nitrogens with one attached hydrogen (secondary N) is 2. The van der Waals surface area contributed by atoms with Gasteiger partial charge in [-0.1, -0.05) is 18.2 Å². The summed E-state index contributed by atoms with van der Waals surface area (Å²) in [5.74, 6) is -1.13. The molecule has 0 saturated heterocycles. The molecule has 0 spiro atoms. The fourth-order valence-corrected chi connectivity index (χ4v) is 2.51. The number of hydrogen-bond acceptors (Lipinski definition) is 6. The second-order valence-corrected chi connectivity index (χ2v) is 6.39. The summed E-state index contributed by atoms with van der Waals surface area (Å²) in [4.78, 5) is 37.2. The lowest BCUT2D eigenvalue weighted by Crippen LogP contribution is -2.47. The zero-order valence-electron chi connectivity index (χ0n) is 16.5. The van der Waals surface area contributed by atoms with E-state index in [4.69, 9.17) is 9.47 Å². The molecule has 0 fully saturated rings. The molecule has 0 aliphatic heterocycles. The van der Waals surface area contributed by atoms with Crippen molar-refractivity contribution < 1.29 is 19.1 Å². The van der Waals surface area contributed by atoms with Gasteiger partial charge in [0.1, 0.15) is 6.10 Å². The second-order valence-electron chi connectivity index (χ2n) is 6.39. The largest absolute Gasteiger partial charge is 0.379 e. The van der Waals surface area contributed by atoms with Gasteiger partial charge in [-0.2, -0.15) is 5.10 Å². The first-order valence-corrected chi connectivity index (χ1v) is 9.17. The molecule has 28 heavy (non-hydrogen) atoms. The lowest BCUT2D eigenvalue weighted by Gasteiger charge is -2.15. The first kappa shape index (κ1) is 21.5. The third-order valence-corrected chi connectivity index (χ3v) is 4.00. The fourth-order valence-electron chi connectivity index (χ4n) is 2.51. The molecule has 0 aliphatic carbocycles. The predicted octanol–water partition coefficient (Wildman–Crippen LogP) is 1.18. The van der Waals surface area contributed by atoms with Crippen LogP contribution in [0.3, 0.4) is 0 Å². The first-order valence-electron chi connectivity index (χ1n) is 9.17. The van der Waals surface area contributed by atoms with Crippen molar-refractivity contribution in [2.24, 2.45) is 0 Å².